The number of carbonyl (C=O) groups excluding carboxylic acids is 3. The maximum atomic E-state index is 12.5. The minimum absolute atomic E-state index is 0.0606. The Morgan fingerprint density at radius 2 is 1.93 bits per heavy atom. The Labute approximate surface area is 171 Å². The Hall–Kier alpha value is -2.32. The van der Waals surface area contributed by atoms with Gasteiger partial charge in [-0.25, -0.2) is 4.79 Å². The summed E-state index contributed by atoms with van der Waals surface area (Å²) >= 11 is 0. The summed E-state index contributed by atoms with van der Waals surface area (Å²) in [6, 6.07) is -0.487. The molecule has 1 fully saturated rings. The van der Waals surface area contributed by atoms with Crippen LogP contribution in [0.25, 0.3) is 0 Å². The van der Waals surface area contributed by atoms with Gasteiger partial charge in [-0.05, 0) is 31.9 Å². The van der Waals surface area contributed by atoms with Gasteiger partial charge in [0.25, 0.3) is 0 Å². The molecule has 0 spiro atoms. The van der Waals surface area contributed by atoms with Crippen LogP contribution in [0.3, 0.4) is 0 Å². The number of urea groups is 1. The van der Waals surface area contributed by atoms with Crippen LogP contribution in [0.2, 0.25) is 0 Å². The average Bonchev–Trinajstić information content (AvgIpc) is 2.74. The third-order valence-corrected chi connectivity index (χ3v) is 5.35. The molecular formula is C21H30N4O4. The Bertz CT molecular complexity index is 695. The standard InChI is InChI=1S/C21H30N4O4/c26-19(22-10-6-11-24-13-15-29-16-14-24)9-2-1-5-12-25-20(27)17-7-3-4-8-18(17)23-21(25)28/h3-4,7-8,17H,1-2,5-6,9-16H2,(H,22,26). The second-order valence-corrected chi connectivity index (χ2v) is 7.50. The van der Waals surface area contributed by atoms with Gasteiger partial charge in [-0.1, -0.05) is 24.6 Å². The summed E-state index contributed by atoms with van der Waals surface area (Å²) in [6.45, 7) is 5.55. The van der Waals surface area contributed by atoms with Crippen molar-refractivity contribution in [2.75, 3.05) is 45.9 Å². The number of carbonyl (C=O) groups is 3. The van der Waals surface area contributed by atoms with E-state index in [4.69, 9.17) is 4.74 Å². The number of ether oxygens (including phenoxy) is 1. The fraction of sp³-hybridized carbons (Fsp3) is 0.619. The average molecular weight is 402 g/mol. The molecule has 1 saturated heterocycles. The van der Waals surface area contributed by atoms with Gasteiger partial charge >= 0.3 is 6.03 Å². The molecule has 0 saturated carbocycles. The van der Waals surface area contributed by atoms with E-state index in [1.165, 1.54) is 4.90 Å². The van der Waals surface area contributed by atoms with Crippen molar-refractivity contribution in [1.29, 1.82) is 0 Å². The molecule has 1 unspecified atom stereocenters. The summed E-state index contributed by atoms with van der Waals surface area (Å²) in [6.07, 6.45) is 10.7. The van der Waals surface area contributed by atoms with Crippen molar-refractivity contribution in [1.82, 2.24) is 15.1 Å². The zero-order chi connectivity index (χ0) is 20.5. The number of amides is 4. The maximum absolute atomic E-state index is 12.5. The lowest BCUT2D eigenvalue weighted by atomic mass is 9.95. The van der Waals surface area contributed by atoms with Crippen LogP contribution in [-0.4, -0.2) is 79.3 Å². The van der Waals surface area contributed by atoms with Gasteiger partial charge in [0.05, 0.1) is 24.8 Å². The predicted octanol–water partition coefficient (Wildman–Crippen LogP) is 1.53. The molecule has 1 aliphatic carbocycles. The van der Waals surface area contributed by atoms with Crippen LogP contribution in [0.1, 0.15) is 32.1 Å². The van der Waals surface area contributed by atoms with Gasteiger partial charge in [-0.3, -0.25) is 19.4 Å². The van der Waals surface area contributed by atoms with Crippen molar-refractivity contribution in [3.8, 4) is 0 Å². The lowest BCUT2D eigenvalue weighted by Crippen LogP contribution is -2.46. The predicted molar refractivity (Wildman–Crippen MR) is 110 cm³/mol. The van der Waals surface area contributed by atoms with Crippen LogP contribution in [-0.2, 0) is 14.3 Å². The van der Waals surface area contributed by atoms with E-state index in [2.05, 4.69) is 15.2 Å². The molecule has 8 nitrogen and oxygen atoms in total. The number of allylic oxidation sites excluding steroid dienone is 3. The molecule has 8 heteroatoms. The first-order valence-electron chi connectivity index (χ1n) is 10.5. The third kappa shape index (κ3) is 6.33. The number of rotatable bonds is 10. The van der Waals surface area contributed by atoms with Crippen molar-refractivity contribution in [3.05, 3.63) is 24.3 Å². The molecule has 3 rings (SSSR count). The highest BCUT2D eigenvalue weighted by molar-refractivity contribution is 6.21. The Morgan fingerprint density at radius 3 is 2.76 bits per heavy atom. The first-order valence-corrected chi connectivity index (χ1v) is 10.5. The highest BCUT2D eigenvalue weighted by Gasteiger charge is 2.35. The van der Waals surface area contributed by atoms with Crippen LogP contribution in [0.15, 0.2) is 29.3 Å². The van der Waals surface area contributed by atoms with E-state index in [0.717, 1.165) is 52.1 Å². The summed E-state index contributed by atoms with van der Waals surface area (Å²) < 4.78 is 5.32. The lowest BCUT2D eigenvalue weighted by molar-refractivity contribution is -0.129. The zero-order valence-corrected chi connectivity index (χ0v) is 16.8. The van der Waals surface area contributed by atoms with Crippen molar-refractivity contribution in [3.63, 3.8) is 0 Å². The molecule has 2 heterocycles. The summed E-state index contributed by atoms with van der Waals surface area (Å²) in [5.41, 5.74) is 0.518. The highest BCUT2D eigenvalue weighted by atomic mass is 16.5. The van der Waals surface area contributed by atoms with E-state index in [1.807, 2.05) is 0 Å². The Balaban J connectivity index is 1.25. The third-order valence-electron chi connectivity index (χ3n) is 5.35. The van der Waals surface area contributed by atoms with E-state index in [1.54, 1.807) is 24.3 Å². The van der Waals surface area contributed by atoms with Crippen molar-refractivity contribution in [2.24, 2.45) is 10.9 Å². The summed E-state index contributed by atoms with van der Waals surface area (Å²) in [7, 11) is 0. The fourth-order valence-corrected chi connectivity index (χ4v) is 3.66. The second-order valence-electron chi connectivity index (χ2n) is 7.50. The first kappa shape index (κ1) is 21.4. The van der Waals surface area contributed by atoms with Crippen LogP contribution < -0.4 is 5.32 Å². The number of nitrogens with one attached hydrogen (secondary N) is 1. The molecule has 1 N–H and O–H groups in total. The molecule has 158 valence electrons. The highest BCUT2D eigenvalue weighted by Crippen LogP contribution is 2.20. The molecule has 2 aliphatic heterocycles. The Morgan fingerprint density at radius 1 is 1.10 bits per heavy atom. The largest absolute Gasteiger partial charge is 0.379 e. The summed E-state index contributed by atoms with van der Waals surface area (Å²) in [5, 5.41) is 2.96. The maximum Gasteiger partial charge on any atom is 0.350 e. The van der Waals surface area contributed by atoms with Crippen LogP contribution in [0.4, 0.5) is 4.79 Å². The van der Waals surface area contributed by atoms with E-state index >= 15 is 0 Å². The number of unbranched alkanes of at least 4 members (excludes halogenated alkanes) is 2. The minimum Gasteiger partial charge on any atom is -0.379 e. The quantitative estimate of drug-likeness (QED) is 0.560. The molecular weight excluding hydrogens is 372 g/mol. The number of nitrogens with zero attached hydrogens (tertiary/aromatic N) is 3. The first-order chi connectivity index (χ1) is 14.1. The molecule has 3 aliphatic rings. The number of imide groups is 1. The SMILES string of the molecule is O=C(CCCCCN1C(=O)N=C2C=CC=CC2C1=O)NCCCN1CCOCC1. The lowest BCUT2D eigenvalue weighted by Gasteiger charge is -2.28. The normalized spacial score (nSPS) is 21.9. The fourth-order valence-electron chi connectivity index (χ4n) is 3.66. The van der Waals surface area contributed by atoms with Gasteiger partial charge < -0.3 is 10.1 Å². The molecule has 0 aromatic carbocycles. The molecule has 29 heavy (non-hydrogen) atoms. The molecule has 0 bridgehead atoms. The molecule has 0 radical (unpaired) electrons. The van der Waals surface area contributed by atoms with Gasteiger partial charge in [-0.15, -0.1) is 0 Å². The van der Waals surface area contributed by atoms with E-state index in [0.29, 0.717) is 31.6 Å². The van der Waals surface area contributed by atoms with Gasteiger partial charge in [-0.2, -0.15) is 4.99 Å². The number of aliphatic imine (C=N–C) groups is 1. The van der Waals surface area contributed by atoms with Gasteiger partial charge in [0, 0.05) is 32.6 Å². The van der Waals surface area contributed by atoms with Crippen LogP contribution in [0.5, 0.6) is 0 Å². The minimum atomic E-state index is -0.487. The van der Waals surface area contributed by atoms with Gasteiger partial charge in [0.15, 0.2) is 0 Å². The zero-order valence-electron chi connectivity index (χ0n) is 16.8. The molecule has 0 aromatic rings. The van der Waals surface area contributed by atoms with Gasteiger partial charge in [0.2, 0.25) is 11.8 Å². The van der Waals surface area contributed by atoms with Crippen molar-refractivity contribution >= 4 is 23.6 Å². The second kappa shape index (κ2) is 11.0. The number of hydrogen-bond acceptors (Lipinski definition) is 5. The van der Waals surface area contributed by atoms with E-state index in [9.17, 15) is 14.4 Å². The van der Waals surface area contributed by atoms with E-state index < -0.39 is 11.9 Å². The number of hydrogen-bond donors (Lipinski definition) is 1. The summed E-state index contributed by atoms with van der Waals surface area (Å²) in [5.74, 6) is -0.593. The van der Waals surface area contributed by atoms with Crippen molar-refractivity contribution in [2.45, 2.75) is 32.1 Å². The van der Waals surface area contributed by atoms with Crippen molar-refractivity contribution < 1.29 is 19.1 Å². The van der Waals surface area contributed by atoms with E-state index in [-0.39, 0.29) is 11.8 Å². The van der Waals surface area contributed by atoms with Crippen LogP contribution in [0, 0.1) is 5.92 Å². The van der Waals surface area contributed by atoms with Gasteiger partial charge in [0.1, 0.15) is 0 Å². The molecule has 1 atom stereocenters. The topological polar surface area (TPSA) is 91.3 Å². The molecule has 0 aromatic heterocycles. The smallest absolute Gasteiger partial charge is 0.350 e. The number of fused-ring (bicyclic) bond motifs is 1. The van der Waals surface area contributed by atoms with Crippen LogP contribution >= 0.6 is 0 Å². The number of morpholine rings is 1. The Kier molecular flexibility index (Phi) is 8.13. The monoisotopic (exact) mass is 402 g/mol. The summed E-state index contributed by atoms with van der Waals surface area (Å²) in [4.78, 5) is 44.1. The molecule has 4 amide bonds.